The van der Waals surface area contributed by atoms with Crippen molar-refractivity contribution < 1.29 is 0 Å². The molecule has 2 heterocycles. The molecule has 0 unspecified atom stereocenters. The van der Waals surface area contributed by atoms with Gasteiger partial charge in [0.2, 0.25) is 0 Å². The number of nitrogens with zero attached hydrogens (tertiary/aromatic N) is 1. The highest BCUT2D eigenvalue weighted by Crippen LogP contribution is 2.33. The summed E-state index contributed by atoms with van der Waals surface area (Å²) in [6, 6.07) is 6.35. The lowest BCUT2D eigenvalue weighted by Gasteiger charge is -1.96. The van der Waals surface area contributed by atoms with E-state index in [-0.39, 0.29) is 0 Å². The molecule has 0 aliphatic rings. The van der Waals surface area contributed by atoms with Gasteiger partial charge < -0.3 is 10.7 Å². The van der Waals surface area contributed by atoms with Crippen molar-refractivity contribution in [3.8, 4) is 11.4 Å². The second kappa shape index (κ2) is 3.85. The zero-order chi connectivity index (χ0) is 12.9. The van der Waals surface area contributed by atoms with Crippen molar-refractivity contribution in [1.82, 2.24) is 9.97 Å². The standard InChI is InChI=1S/C14H15N3S/c1-7-4-8(2)12-11(5-7)16-14(17-12)10-6-9(3)18-13(10)15/h4-6H,15H2,1-3H3,(H,16,17). The minimum atomic E-state index is 0.820. The van der Waals surface area contributed by atoms with Crippen LogP contribution in [-0.4, -0.2) is 9.97 Å². The predicted molar refractivity (Wildman–Crippen MR) is 78.0 cm³/mol. The van der Waals surface area contributed by atoms with Crippen LogP contribution >= 0.6 is 11.3 Å². The summed E-state index contributed by atoms with van der Waals surface area (Å²) in [5.41, 5.74) is 11.6. The first-order valence-corrected chi connectivity index (χ1v) is 6.69. The van der Waals surface area contributed by atoms with Crippen LogP contribution < -0.4 is 5.73 Å². The van der Waals surface area contributed by atoms with Crippen molar-refractivity contribution in [2.75, 3.05) is 5.73 Å². The molecule has 0 saturated carbocycles. The van der Waals surface area contributed by atoms with E-state index in [2.05, 4.69) is 48.9 Å². The van der Waals surface area contributed by atoms with Crippen LogP contribution in [0.1, 0.15) is 16.0 Å². The minimum Gasteiger partial charge on any atom is -0.390 e. The van der Waals surface area contributed by atoms with E-state index in [1.165, 1.54) is 16.0 Å². The Balaban J connectivity index is 2.25. The molecule has 3 N–H and O–H groups in total. The number of fused-ring (bicyclic) bond motifs is 1. The molecule has 0 aliphatic heterocycles. The molecule has 18 heavy (non-hydrogen) atoms. The van der Waals surface area contributed by atoms with Crippen LogP contribution in [0.4, 0.5) is 5.00 Å². The number of thiophene rings is 1. The summed E-state index contributed by atoms with van der Waals surface area (Å²) >= 11 is 1.60. The average Bonchev–Trinajstić information content (AvgIpc) is 2.81. The Morgan fingerprint density at radius 2 is 1.94 bits per heavy atom. The first kappa shape index (κ1) is 11.3. The third-order valence-corrected chi connectivity index (χ3v) is 3.94. The van der Waals surface area contributed by atoms with Gasteiger partial charge in [0.1, 0.15) is 5.82 Å². The van der Waals surface area contributed by atoms with Gasteiger partial charge in [-0.15, -0.1) is 11.3 Å². The Morgan fingerprint density at radius 1 is 1.17 bits per heavy atom. The molecule has 92 valence electrons. The summed E-state index contributed by atoms with van der Waals surface area (Å²) in [4.78, 5) is 9.24. The lowest BCUT2D eigenvalue weighted by Crippen LogP contribution is -1.84. The second-order valence-corrected chi connectivity index (χ2v) is 5.99. The molecule has 0 spiro atoms. The fourth-order valence-corrected chi connectivity index (χ4v) is 3.11. The molecule has 0 saturated heterocycles. The fraction of sp³-hybridized carbons (Fsp3) is 0.214. The van der Waals surface area contributed by atoms with Gasteiger partial charge in [-0.1, -0.05) is 6.07 Å². The van der Waals surface area contributed by atoms with Gasteiger partial charge in [0.15, 0.2) is 0 Å². The topological polar surface area (TPSA) is 54.7 Å². The van der Waals surface area contributed by atoms with Gasteiger partial charge in [0.05, 0.1) is 21.6 Å². The molecule has 3 nitrogen and oxygen atoms in total. The van der Waals surface area contributed by atoms with Crippen molar-refractivity contribution in [1.29, 1.82) is 0 Å². The zero-order valence-corrected chi connectivity index (χ0v) is 11.5. The molecule has 0 aliphatic carbocycles. The number of rotatable bonds is 1. The molecule has 3 rings (SSSR count). The Bertz CT molecular complexity index is 737. The van der Waals surface area contributed by atoms with E-state index in [4.69, 9.17) is 5.73 Å². The molecule has 0 fully saturated rings. The van der Waals surface area contributed by atoms with Crippen LogP contribution in [-0.2, 0) is 0 Å². The van der Waals surface area contributed by atoms with Crippen molar-refractivity contribution in [3.63, 3.8) is 0 Å². The molecule has 0 atom stereocenters. The number of aromatic amines is 1. The highest BCUT2D eigenvalue weighted by Gasteiger charge is 2.12. The van der Waals surface area contributed by atoms with E-state index in [9.17, 15) is 0 Å². The van der Waals surface area contributed by atoms with Crippen LogP contribution in [0.5, 0.6) is 0 Å². The Hall–Kier alpha value is -1.81. The number of anilines is 1. The van der Waals surface area contributed by atoms with E-state index in [1.54, 1.807) is 11.3 Å². The fourth-order valence-electron chi connectivity index (χ4n) is 2.32. The number of nitrogens with two attached hydrogens (primary N) is 1. The monoisotopic (exact) mass is 257 g/mol. The lowest BCUT2D eigenvalue weighted by atomic mass is 10.1. The maximum atomic E-state index is 6.02. The maximum absolute atomic E-state index is 6.02. The van der Waals surface area contributed by atoms with E-state index >= 15 is 0 Å². The second-order valence-electron chi connectivity index (χ2n) is 4.70. The number of imidazole rings is 1. The van der Waals surface area contributed by atoms with Gasteiger partial charge in [-0.25, -0.2) is 4.98 Å². The number of aryl methyl sites for hydroxylation is 3. The SMILES string of the molecule is Cc1cc(C)c2nc(-c3cc(C)sc3N)[nH]c2c1. The summed E-state index contributed by atoms with van der Waals surface area (Å²) < 4.78 is 0. The summed E-state index contributed by atoms with van der Waals surface area (Å²) in [7, 11) is 0. The number of aromatic nitrogens is 2. The summed E-state index contributed by atoms with van der Waals surface area (Å²) in [6.45, 7) is 6.24. The molecular weight excluding hydrogens is 242 g/mol. The van der Waals surface area contributed by atoms with Gasteiger partial charge >= 0.3 is 0 Å². The molecule has 0 amide bonds. The lowest BCUT2D eigenvalue weighted by molar-refractivity contribution is 1.34. The first-order valence-electron chi connectivity index (χ1n) is 5.88. The van der Waals surface area contributed by atoms with Crippen LogP contribution in [0.15, 0.2) is 18.2 Å². The average molecular weight is 257 g/mol. The molecular formula is C14H15N3S. The molecule has 4 heteroatoms. The molecule has 3 aromatic rings. The van der Waals surface area contributed by atoms with Crippen molar-refractivity contribution in [2.45, 2.75) is 20.8 Å². The first-order chi connectivity index (χ1) is 8.54. The van der Waals surface area contributed by atoms with Crippen LogP contribution in [0.2, 0.25) is 0 Å². The minimum absolute atomic E-state index is 0.820. The largest absolute Gasteiger partial charge is 0.390 e. The highest BCUT2D eigenvalue weighted by atomic mass is 32.1. The smallest absolute Gasteiger partial charge is 0.141 e. The highest BCUT2D eigenvalue weighted by molar-refractivity contribution is 7.16. The number of benzene rings is 1. The third-order valence-electron chi connectivity index (χ3n) is 3.06. The van der Waals surface area contributed by atoms with Crippen molar-refractivity contribution >= 4 is 27.4 Å². The van der Waals surface area contributed by atoms with Crippen molar-refractivity contribution in [2.24, 2.45) is 0 Å². The summed E-state index contributed by atoms with van der Waals surface area (Å²) in [5.74, 6) is 0.862. The Morgan fingerprint density at radius 3 is 2.61 bits per heavy atom. The van der Waals surface area contributed by atoms with Crippen LogP contribution in [0, 0.1) is 20.8 Å². The summed E-state index contributed by atoms with van der Waals surface area (Å²) in [5, 5.41) is 0.820. The molecule has 0 bridgehead atoms. The Kier molecular flexibility index (Phi) is 2.41. The van der Waals surface area contributed by atoms with Crippen LogP contribution in [0.25, 0.3) is 22.4 Å². The quantitative estimate of drug-likeness (QED) is 0.696. The number of H-pyrrole nitrogens is 1. The van der Waals surface area contributed by atoms with E-state index in [1.807, 2.05) is 0 Å². The van der Waals surface area contributed by atoms with Gasteiger partial charge in [-0.05, 0) is 44.0 Å². The molecule has 2 aromatic heterocycles. The van der Waals surface area contributed by atoms with Crippen LogP contribution in [0.3, 0.4) is 0 Å². The van der Waals surface area contributed by atoms with E-state index < -0.39 is 0 Å². The predicted octanol–water partition coefficient (Wildman–Crippen LogP) is 3.80. The normalized spacial score (nSPS) is 11.3. The number of hydrogen-bond acceptors (Lipinski definition) is 3. The van der Waals surface area contributed by atoms with Gasteiger partial charge in [0.25, 0.3) is 0 Å². The zero-order valence-electron chi connectivity index (χ0n) is 10.7. The van der Waals surface area contributed by atoms with E-state index in [0.717, 1.165) is 27.4 Å². The van der Waals surface area contributed by atoms with Gasteiger partial charge in [-0.2, -0.15) is 0 Å². The van der Waals surface area contributed by atoms with Gasteiger partial charge in [0, 0.05) is 4.88 Å². The Labute approximate surface area is 110 Å². The number of nitrogen functional groups attached to an aromatic ring is 1. The number of nitrogens with one attached hydrogen (secondary N) is 1. The molecule has 0 radical (unpaired) electrons. The van der Waals surface area contributed by atoms with Crippen molar-refractivity contribution in [3.05, 3.63) is 34.2 Å². The van der Waals surface area contributed by atoms with Gasteiger partial charge in [-0.3, -0.25) is 0 Å². The summed E-state index contributed by atoms with van der Waals surface area (Å²) in [6.07, 6.45) is 0. The number of hydrogen-bond donors (Lipinski definition) is 2. The maximum Gasteiger partial charge on any atom is 0.141 e. The van der Waals surface area contributed by atoms with E-state index in [0.29, 0.717) is 0 Å². The molecule has 1 aromatic carbocycles. The third kappa shape index (κ3) is 1.69.